The highest BCUT2D eigenvalue weighted by molar-refractivity contribution is 5.91. The van der Waals surface area contributed by atoms with E-state index in [2.05, 4.69) is 5.32 Å². The van der Waals surface area contributed by atoms with Gasteiger partial charge in [-0.2, -0.15) is 0 Å². The topological polar surface area (TPSA) is 49.3 Å². The quantitative estimate of drug-likeness (QED) is 0.761. The third-order valence-corrected chi connectivity index (χ3v) is 2.52. The van der Waals surface area contributed by atoms with Gasteiger partial charge in [0.2, 0.25) is 5.91 Å². The van der Waals surface area contributed by atoms with Crippen LogP contribution in [0.2, 0.25) is 0 Å². The Morgan fingerprint density at radius 3 is 3.00 bits per heavy atom. The van der Waals surface area contributed by atoms with Crippen LogP contribution in [0.4, 0.5) is 4.39 Å². The van der Waals surface area contributed by atoms with Crippen molar-refractivity contribution in [2.75, 3.05) is 6.54 Å². The van der Waals surface area contributed by atoms with Gasteiger partial charge in [-0.3, -0.25) is 4.79 Å². The largest absolute Gasteiger partial charge is 0.393 e. The first-order valence-electron chi connectivity index (χ1n) is 6.01. The Morgan fingerprint density at radius 1 is 1.56 bits per heavy atom. The molecule has 0 spiro atoms. The van der Waals surface area contributed by atoms with Crippen LogP contribution in [0.1, 0.15) is 25.3 Å². The van der Waals surface area contributed by atoms with Crippen molar-refractivity contribution in [3.8, 4) is 0 Å². The van der Waals surface area contributed by atoms with E-state index in [1.54, 1.807) is 18.2 Å². The molecule has 1 atom stereocenters. The van der Waals surface area contributed by atoms with E-state index in [4.69, 9.17) is 0 Å². The Labute approximate surface area is 106 Å². The summed E-state index contributed by atoms with van der Waals surface area (Å²) in [6.45, 7) is 2.32. The zero-order chi connectivity index (χ0) is 13.4. The maximum absolute atomic E-state index is 12.9. The number of rotatable bonds is 6. The lowest BCUT2D eigenvalue weighted by molar-refractivity contribution is -0.116. The third kappa shape index (κ3) is 5.59. The maximum Gasteiger partial charge on any atom is 0.244 e. The van der Waals surface area contributed by atoms with Crippen LogP contribution in [0.15, 0.2) is 30.3 Å². The molecule has 0 aliphatic carbocycles. The standard InChI is InChI=1S/C14H18FNO2/c1-2-13(17)8-9-16-14(18)7-6-11-4-3-5-12(15)10-11/h3-7,10,13,17H,2,8-9H2,1H3,(H,16,18)/b7-6+. The van der Waals surface area contributed by atoms with Gasteiger partial charge in [-0.25, -0.2) is 4.39 Å². The lowest BCUT2D eigenvalue weighted by Gasteiger charge is -2.07. The summed E-state index contributed by atoms with van der Waals surface area (Å²) < 4.78 is 12.9. The number of carbonyl (C=O) groups is 1. The van der Waals surface area contributed by atoms with E-state index in [-0.39, 0.29) is 17.8 Å². The molecule has 0 saturated heterocycles. The average molecular weight is 251 g/mol. The first-order chi connectivity index (χ1) is 8.61. The number of halogens is 1. The fourth-order valence-corrected chi connectivity index (χ4v) is 1.41. The molecule has 4 heteroatoms. The molecule has 0 aliphatic heterocycles. The zero-order valence-corrected chi connectivity index (χ0v) is 10.4. The summed E-state index contributed by atoms with van der Waals surface area (Å²) in [4.78, 5) is 11.4. The van der Waals surface area contributed by atoms with Crippen LogP contribution < -0.4 is 5.32 Å². The molecule has 0 aromatic heterocycles. The van der Waals surface area contributed by atoms with Crippen molar-refractivity contribution < 1.29 is 14.3 Å². The molecule has 2 N–H and O–H groups in total. The van der Waals surface area contributed by atoms with Crippen molar-refractivity contribution in [1.29, 1.82) is 0 Å². The number of nitrogens with one attached hydrogen (secondary N) is 1. The smallest absolute Gasteiger partial charge is 0.244 e. The molecule has 0 saturated carbocycles. The van der Waals surface area contributed by atoms with Gasteiger partial charge in [0.15, 0.2) is 0 Å². The Bertz CT molecular complexity index is 418. The second-order valence-corrected chi connectivity index (χ2v) is 4.03. The van der Waals surface area contributed by atoms with Gasteiger partial charge in [0, 0.05) is 12.6 Å². The van der Waals surface area contributed by atoms with Gasteiger partial charge in [-0.05, 0) is 36.6 Å². The van der Waals surface area contributed by atoms with Crippen LogP contribution in [0, 0.1) is 5.82 Å². The van der Waals surface area contributed by atoms with Crippen molar-refractivity contribution in [2.45, 2.75) is 25.9 Å². The first kappa shape index (κ1) is 14.4. The SMILES string of the molecule is CCC(O)CCNC(=O)/C=C/c1cccc(F)c1. The minimum Gasteiger partial charge on any atom is -0.393 e. The summed E-state index contributed by atoms with van der Waals surface area (Å²) in [5.41, 5.74) is 0.638. The normalized spacial score (nSPS) is 12.6. The highest BCUT2D eigenvalue weighted by Crippen LogP contribution is 2.05. The van der Waals surface area contributed by atoms with Crippen LogP contribution in [0.3, 0.4) is 0 Å². The fraction of sp³-hybridized carbons (Fsp3) is 0.357. The molecule has 0 radical (unpaired) electrons. The average Bonchev–Trinajstić information content (AvgIpc) is 2.36. The molecule has 0 fully saturated rings. The monoisotopic (exact) mass is 251 g/mol. The van der Waals surface area contributed by atoms with Gasteiger partial charge in [-0.1, -0.05) is 19.1 Å². The van der Waals surface area contributed by atoms with Crippen molar-refractivity contribution >= 4 is 12.0 Å². The van der Waals surface area contributed by atoms with Gasteiger partial charge in [-0.15, -0.1) is 0 Å². The molecule has 1 amide bonds. The molecule has 1 aromatic carbocycles. The van der Waals surface area contributed by atoms with Gasteiger partial charge in [0.25, 0.3) is 0 Å². The van der Waals surface area contributed by atoms with Crippen molar-refractivity contribution in [2.24, 2.45) is 0 Å². The second kappa shape index (κ2) is 7.61. The van der Waals surface area contributed by atoms with Gasteiger partial charge >= 0.3 is 0 Å². The molecule has 98 valence electrons. The molecular formula is C14H18FNO2. The zero-order valence-electron chi connectivity index (χ0n) is 10.4. The van der Waals surface area contributed by atoms with Crippen LogP contribution in [0.25, 0.3) is 6.08 Å². The van der Waals surface area contributed by atoms with Crippen LogP contribution in [-0.2, 0) is 4.79 Å². The lowest BCUT2D eigenvalue weighted by Crippen LogP contribution is -2.25. The predicted molar refractivity (Wildman–Crippen MR) is 69.4 cm³/mol. The number of carbonyl (C=O) groups excluding carboxylic acids is 1. The Kier molecular flexibility index (Phi) is 6.08. The van der Waals surface area contributed by atoms with Crippen LogP contribution in [0.5, 0.6) is 0 Å². The summed E-state index contributed by atoms with van der Waals surface area (Å²) in [7, 11) is 0. The number of aliphatic hydroxyl groups excluding tert-OH is 1. The number of benzene rings is 1. The van der Waals surface area contributed by atoms with Crippen LogP contribution >= 0.6 is 0 Å². The molecule has 1 aromatic rings. The second-order valence-electron chi connectivity index (χ2n) is 4.03. The van der Waals surface area contributed by atoms with Crippen molar-refractivity contribution in [1.82, 2.24) is 5.32 Å². The summed E-state index contributed by atoms with van der Waals surface area (Å²) in [5.74, 6) is -0.578. The summed E-state index contributed by atoms with van der Waals surface area (Å²) >= 11 is 0. The Morgan fingerprint density at radius 2 is 2.33 bits per heavy atom. The van der Waals surface area contributed by atoms with E-state index in [9.17, 15) is 14.3 Å². The van der Waals surface area contributed by atoms with E-state index >= 15 is 0 Å². The minimum atomic E-state index is -0.377. The summed E-state index contributed by atoms with van der Waals surface area (Å²) in [5, 5.41) is 12.0. The molecule has 3 nitrogen and oxygen atoms in total. The molecular weight excluding hydrogens is 233 g/mol. The van der Waals surface area contributed by atoms with E-state index in [0.29, 0.717) is 24.9 Å². The number of amides is 1. The van der Waals surface area contributed by atoms with Gasteiger partial charge in [0.1, 0.15) is 5.82 Å². The molecule has 18 heavy (non-hydrogen) atoms. The van der Waals surface area contributed by atoms with E-state index in [1.807, 2.05) is 6.92 Å². The molecule has 0 aliphatic rings. The Hall–Kier alpha value is -1.68. The van der Waals surface area contributed by atoms with Crippen LogP contribution in [-0.4, -0.2) is 23.7 Å². The molecule has 0 heterocycles. The molecule has 1 unspecified atom stereocenters. The van der Waals surface area contributed by atoms with Gasteiger partial charge < -0.3 is 10.4 Å². The lowest BCUT2D eigenvalue weighted by atomic mass is 10.2. The summed E-state index contributed by atoms with van der Waals surface area (Å²) in [6, 6.07) is 6.01. The number of hydrogen-bond acceptors (Lipinski definition) is 2. The Balaban J connectivity index is 2.36. The van der Waals surface area contributed by atoms with Gasteiger partial charge in [0.05, 0.1) is 6.10 Å². The van der Waals surface area contributed by atoms with Crippen molar-refractivity contribution in [3.63, 3.8) is 0 Å². The van der Waals surface area contributed by atoms with E-state index in [1.165, 1.54) is 18.2 Å². The fourth-order valence-electron chi connectivity index (χ4n) is 1.41. The van der Waals surface area contributed by atoms with E-state index < -0.39 is 0 Å². The van der Waals surface area contributed by atoms with Crippen molar-refractivity contribution in [3.05, 3.63) is 41.7 Å². The third-order valence-electron chi connectivity index (χ3n) is 2.52. The predicted octanol–water partition coefficient (Wildman–Crippen LogP) is 2.12. The number of aliphatic hydroxyl groups is 1. The molecule has 0 bridgehead atoms. The first-order valence-corrected chi connectivity index (χ1v) is 6.01. The summed E-state index contributed by atoms with van der Waals surface area (Å²) in [6.07, 6.45) is 3.74. The maximum atomic E-state index is 12.9. The highest BCUT2D eigenvalue weighted by Gasteiger charge is 2.01. The number of hydrogen-bond donors (Lipinski definition) is 2. The minimum absolute atomic E-state index is 0.248. The van der Waals surface area contributed by atoms with E-state index in [0.717, 1.165) is 0 Å². The highest BCUT2D eigenvalue weighted by atomic mass is 19.1. The molecule has 1 rings (SSSR count).